The van der Waals surface area contributed by atoms with Gasteiger partial charge in [0.05, 0.1) is 25.3 Å². The number of nitrogens with one attached hydrogen (secondary N) is 1. The fourth-order valence-electron chi connectivity index (χ4n) is 4.40. The highest BCUT2D eigenvalue weighted by atomic mass is 32.2. The van der Waals surface area contributed by atoms with Crippen molar-refractivity contribution < 1.29 is 27.4 Å². The highest BCUT2D eigenvalue weighted by Crippen LogP contribution is 2.46. The van der Waals surface area contributed by atoms with Gasteiger partial charge in [-0.1, -0.05) is 19.4 Å². The molecule has 3 heterocycles. The maximum absolute atomic E-state index is 13.9. The number of nitrogens with zero attached hydrogens (tertiary/aromatic N) is 2. The van der Waals surface area contributed by atoms with Crippen LogP contribution < -0.4 is 15.0 Å². The zero-order valence-corrected chi connectivity index (χ0v) is 22.7. The third kappa shape index (κ3) is 5.09. The molecule has 0 atom stereocenters. The van der Waals surface area contributed by atoms with Crippen LogP contribution in [0.1, 0.15) is 31.0 Å². The smallest absolute Gasteiger partial charge is 0.271 e. The molecule has 0 aliphatic rings. The first-order chi connectivity index (χ1) is 18.6. The Morgan fingerprint density at radius 2 is 1.72 bits per heavy atom. The van der Waals surface area contributed by atoms with Gasteiger partial charge in [0, 0.05) is 29.2 Å². The lowest BCUT2D eigenvalue weighted by atomic mass is 9.98. The number of pyridine rings is 3. The zero-order chi connectivity index (χ0) is 28.3. The first-order valence-electron chi connectivity index (χ1n) is 12.2. The van der Waals surface area contributed by atoms with Gasteiger partial charge in [-0.15, -0.1) is 0 Å². The highest BCUT2D eigenvalue weighted by Gasteiger charge is 2.32. The van der Waals surface area contributed by atoms with Crippen LogP contribution in [0.2, 0.25) is 0 Å². The van der Waals surface area contributed by atoms with Crippen molar-refractivity contribution in [3.63, 3.8) is 0 Å². The molecule has 0 saturated heterocycles. The van der Waals surface area contributed by atoms with Crippen molar-refractivity contribution in [1.29, 1.82) is 0 Å². The summed E-state index contributed by atoms with van der Waals surface area (Å²) in [7, 11) is -1.72. The molecule has 0 radical (unpaired) electrons. The van der Waals surface area contributed by atoms with Crippen LogP contribution in [-0.2, 0) is 16.3 Å². The number of halogens is 1. The van der Waals surface area contributed by atoms with Gasteiger partial charge in [-0.3, -0.25) is 4.79 Å². The van der Waals surface area contributed by atoms with Gasteiger partial charge in [0.2, 0.25) is 15.8 Å². The second-order valence-electron chi connectivity index (χ2n) is 8.79. The van der Waals surface area contributed by atoms with Crippen LogP contribution in [-0.4, -0.2) is 42.7 Å². The summed E-state index contributed by atoms with van der Waals surface area (Å²) in [6, 6.07) is 9.22. The molecule has 0 fully saturated rings. The molecule has 0 amide bonds. The first kappa shape index (κ1) is 27.8. The predicted octanol–water partition coefficient (Wildman–Crippen LogP) is 4.84. The van der Waals surface area contributed by atoms with E-state index in [9.17, 15) is 22.7 Å². The SMILES string of the molecule is CCCCc1[nH]c(=O)c(S(=O)(=O)c2ccc(-c3ccnc(F)c3C)cn2)c(O)c1-c1c(OC)cccc1OC. The Bertz CT molecular complexity index is 1660. The summed E-state index contributed by atoms with van der Waals surface area (Å²) in [6.45, 7) is 3.52. The molecule has 0 bridgehead atoms. The summed E-state index contributed by atoms with van der Waals surface area (Å²) in [5.74, 6) is -0.742. The summed E-state index contributed by atoms with van der Waals surface area (Å²) >= 11 is 0. The molecule has 0 saturated carbocycles. The largest absolute Gasteiger partial charge is 0.506 e. The second-order valence-corrected chi connectivity index (χ2v) is 10.6. The molecule has 2 N–H and O–H groups in total. The molecular weight excluding hydrogens is 525 g/mol. The molecule has 204 valence electrons. The van der Waals surface area contributed by atoms with E-state index in [2.05, 4.69) is 15.0 Å². The molecule has 3 aromatic heterocycles. The molecule has 4 aromatic rings. The van der Waals surface area contributed by atoms with Crippen molar-refractivity contribution in [3.05, 3.63) is 76.4 Å². The van der Waals surface area contributed by atoms with Crippen LogP contribution >= 0.6 is 0 Å². The maximum atomic E-state index is 13.9. The fourth-order valence-corrected chi connectivity index (χ4v) is 5.70. The Morgan fingerprint density at radius 1 is 1.03 bits per heavy atom. The monoisotopic (exact) mass is 553 g/mol. The number of hydrogen-bond acceptors (Lipinski definition) is 8. The van der Waals surface area contributed by atoms with Gasteiger partial charge >= 0.3 is 0 Å². The molecule has 0 aliphatic heterocycles. The van der Waals surface area contributed by atoms with E-state index in [-0.39, 0.29) is 11.1 Å². The number of sulfone groups is 1. The van der Waals surface area contributed by atoms with Gasteiger partial charge in [-0.2, -0.15) is 4.39 Å². The molecule has 0 spiro atoms. The number of H-pyrrole nitrogens is 1. The van der Waals surface area contributed by atoms with Crippen molar-refractivity contribution in [2.24, 2.45) is 0 Å². The Morgan fingerprint density at radius 3 is 2.31 bits per heavy atom. The van der Waals surface area contributed by atoms with Crippen LogP contribution in [0.5, 0.6) is 17.2 Å². The fraction of sp³-hybridized carbons (Fsp3) is 0.250. The Balaban J connectivity index is 1.93. The van der Waals surface area contributed by atoms with Crippen molar-refractivity contribution in [1.82, 2.24) is 15.0 Å². The molecular formula is C28H28FN3O6S. The number of rotatable bonds is 9. The van der Waals surface area contributed by atoms with Crippen LogP contribution in [0.25, 0.3) is 22.3 Å². The zero-order valence-electron chi connectivity index (χ0n) is 21.9. The van der Waals surface area contributed by atoms with Gasteiger partial charge in [0.1, 0.15) is 17.2 Å². The lowest BCUT2D eigenvalue weighted by Gasteiger charge is -2.19. The maximum Gasteiger partial charge on any atom is 0.271 e. The third-order valence-electron chi connectivity index (χ3n) is 6.42. The Labute approximate surface area is 225 Å². The standard InChI is InChI=1S/C28H28FN3O6S/c1-5-6-8-19-23(24-20(37-3)9-7-10-21(24)38-4)25(33)26(28(34)32-19)39(35,36)22-12-11-17(15-31-22)18-13-14-30-27(29)16(18)2/h7,9-15H,5-6,8H2,1-4H3,(H2,32,33,34). The third-order valence-corrected chi connectivity index (χ3v) is 8.12. The quantitative estimate of drug-likeness (QED) is 0.281. The number of benzene rings is 1. The summed E-state index contributed by atoms with van der Waals surface area (Å²) in [6.07, 6.45) is 4.39. The van der Waals surface area contributed by atoms with Crippen LogP contribution in [0, 0.1) is 12.9 Å². The number of aromatic nitrogens is 3. The van der Waals surface area contributed by atoms with E-state index in [0.29, 0.717) is 46.7 Å². The molecule has 1 aromatic carbocycles. The normalized spacial score (nSPS) is 11.4. The number of methoxy groups -OCH3 is 2. The summed E-state index contributed by atoms with van der Waals surface area (Å²) in [5, 5.41) is 11.0. The second kappa shape index (κ2) is 11.2. The first-order valence-corrected chi connectivity index (χ1v) is 13.7. The van der Waals surface area contributed by atoms with Gasteiger partial charge in [-0.25, -0.2) is 18.4 Å². The van der Waals surface area contributed by atoms with E-state index < -0.39 is 37.0 Å². The average molecular weight is 554 g/mol. The Hall–Kier alpha value is -4.25. The van der Waals surface area contributed by atoms with E-state index >= 15 is 0 Å². The van der Waals surface area contributed by atoms with Crippen molar-refractivity contribution in [2.75, 3.05) is 14.2 Å². The number of aromatic amines is 1. The van der Waals surface area contributed by atoms with Crippen molar-refractivity contribution in [3.8, 4) is 39.5 Å². The van der Waals surface area contributed by atoms with E-state index in [0.717, 1.165) is 6.42 Å². The van der Waals surface area contributed by atoms with Gasteiger partial charge < -0.3 is 19.6 Å². The van der Waals surface area contributed by atoms with E-state index in [1.807, 2.05) is 6.92 Å². The minimum atomic E-state index is -4.60. The van der Waals surface area contributed by atoms with Crippen LogP contribution in [0.3, 0.4) is 0 Å². The molecule has 4 rings (SSSR count). The minimum Gasteiger partial charge on any atom is -0.506 e. The number of hydrogen-bond donors (Lipinski definition) is 2. The van der Waals surface area contributed by atoms with E-state index in [4.69, 9.17) is 9.47 Å². The van der Waals surface area contributed by atoms with Gasteiger partial charge in [0.25, 0.3) is 5.56 Å². The van der Waals surface area contributed by atoms with E-state index in [1.54, 1.807) is 31.2 Å². The number of aryl methyl sites for hydroxylation is 1. The summed E-state index contributed by atoms with van der Waals surface area (Å²) in [5.41, 5.74) is 0.995. The minimum absolute atomic E-state index is 0.0930. The molecule has 39 heavy (non-hydrogen) atoms. The molecule has 11 heteroatoms. The van der Waals surface area contributed by atoms with E-state index in [1.165, 1.54) is 38.7 Å². The lowest BCUT2D eigenvalue weighted by molar-refractivity contribution is 0.395. The van der Waals surface area contributed by atoms with Gasteiger partial charge in [0.15, 0.2) is 9.92 Å². The predicted molar refractivity (Wildman–Crippen MR) is 143 cm³/mol. The number of aromatic hydroxyl groups is 1. The van der Waals surface area contributed by atoms with Crippen molar-refractivity contribution >= 4 is 9.84 Å². The lowest BCUT2D eigenvalue weighted by Crippen LogP contribution is -2.21. The average Bonchev–Trinajstić information content (AvgIpc) is 2.93. The van der Waals surface area contributed by atoms with Crippen molar-refractivity contribution in [2.45, 2.75) is 43.0 Å². The molecule has 0 unspecified atom stereocenters. The topological polar surface area (TPSA) is 131 Å². The summed E-state index contributed by atoms with van der Waals surface area (Å²) in [4.78, 5) is 22.6. The number of unbranched alkanes of at least 4 members (excludes halogenated alkanes) is 1. The summed E-state index contributed by atoms with van der Waals surface area (Å²) < 4.78 is 52.3. The molecule has 9 nitrogen and oxygen atoms in total. The highest BCUT2D eigenvalue weighted by molar-refractivity contribution is 7.91. The Kier molecular flexibility index (Phi) is 8.01. The van der Waals surface area contributed by atoms with Crippen LogP contribution in [0.4, 0.5) is 4.39 Å². The van der Waals surface area contributed by atoms with Crippen LogP contribution in [0.15, 0.2) is 63.5 Å². The van der Waals surface area contributed by atoms with Gasteiger partial charge in [-0.05, 0) is 55.7 Å². The molecule has 0 aliphatic carbocycles. The number of ether oxygens (including phenoxy) is 2.